The first kappa shape index (κ1) is 22.0. The second kappa shape index (κ2) is 8.60. The van der Waals surface area contributed by atoms with Crippen molar-refractivity contribution in [1.29, 1.82) is 0 Å². The smallest absolute Gasteiger partial charge is 0.342 e. The van der Waals surface area contributed by atoms with Crippen LogP contribution in [-0.4, -0.2) is 42.1 Å². The molecule has 0 bridgehead atoms. The maximum Gasteiger partial charge on any atom is 0.342 e. The number of carbonyl (C=O) groups is 1. The van der Waals surface area contributed by atoms with Gasteiger partial charge in [-0.3, -0.25) is 10.1 Å². The van der Waals surface area contributed by atoms with Gasteiger partial charge in [-0.2, -0.15) is 0 Å². The second-order valence-corrected chi connectivity index (χ2v) is 8.64. The van der Waals surface area contributed by atoms with Gasteiger partial charge in [0.1, 0.15) is 5.56 Å². The molecule has 0 radical (unpaired) electrons. The highest BCUT2D eigenvalue weighted by Gasteiger charge is 2.27. The van der Waals surface area contributed by atoms with E-state index in [0.29, 0.717) is 5.56 Å². The van der Waals surface area contributed by atoms with Crippen LogP contribution in [0.4, 0.5) is 5.69 Å². The normalized spacial score (nSPS) is 11.2. The van der Waals surface area contributed by atoms with Gasteiger partial charge in [0, 0.05) is 29.5 Å². The number of hydrogen-bond acceptors (Lipinski definition) is 8. The van der Waals surface area contributed by atoms with Gasteiger partial charge in [-0.1, -0.05) is 30.3 Å². The Labute approximate surface area is 178 Å². The Morgan fingerprint density at radius 2 is 1.81 bits per heavy atom. The summed E-state index contributed by atoms with van der Waals surface area (Å²) in [6, 6.07) is 12.2. The van der Waals surface area contributed by atoms with Crippen LogP contribution in [0, 0.1) is 17.0 Å². The zero-order valence-electron chi connectivity index (χ0n) is 17.0. The maximum absolute atomic E-state index is 12.7. The van der Waals surface area contributed by atoms with Crippen molar-refractivity contribution in [1.82, 2.24) is 9.97 Å². The first-order valence-electron chi connectivity index (χ1n) is 9.23. The van der Waals surface area contributed by atoms with Crippen molar-refractivity contribution in [3.8, 4) is 22.6 Å². The Kier molecular flexibility index (Phi) is 6.11. The number of esters is 1. The molecule has 0 fully saturated rings. The summed E-state index contributed by atoms with van der Waals surface area (Å²) in [4.78, 5) is 32.1. The lowest BCUT2D eigenvalue weighted by molar-refractivity contribution is -0.384. The number of aryl methyl sites for hydroxylation is 1. The van der Waals surface area contributed by atoms with Crippen molar-refractivity contribution in [2.75, 3.05) is 12.9 Å². The molecule has 160 valence electrons. The Bertz CT molecular complexity index is 1270. The highest BCUT2D eigenvalue weighted by molar-refractivity contribution is 7.90. The summed E-state index contributed by atoms with van der Waals surface area (Å²) in [6.07, 6.45) is 0.980. The third-order valence-corrected chi connectivity index (χ3v) is 5.58. The van der Waals surface area contributed by atoms with Gasteiger partial charge in [0.15, 0.2) is 15.7 Å². The lowest BCUT2D eigenvalue weighted by Crippen LogP contribution is -2.14. The molecule has 0 unspecified atom stereocenters. The average molecular weight is 441 g/mol. The van der Waals surface area contributed by atoms with E-state index >= 15 is 0 Å². The van der Waals surface area contributed by atoms with E-state index in [-0.39, 0.29) is 45.5 Å². The molecule has 2 aromatic carbocycles. The molecule has 0 atom stereocenters. The minimum atomic E-state index is -3.80. The summed E-state index contributed by atoms with van der Waals surface area (Å²) in [5.41, 5.74) is 0.389. The monoisotopic (exact) mass is 441 g/mol. The van der Waals surface area contributed by atoms with Gasteiger partial charge in [0.25, 0.3) is 5.69 Å². The van der Waals surface area contributed by atoms with Crippen molar-refractivity contribution in [2.24, 2.45) is 0 Å². The van der Waals surface area contributed by atoms with Crippen molar-refractivity contribution < 1.29 is 22.9 Å². The van der Waals surface area contributed by atoms with E-state index in [1.54, 1.807) is 38.1 Å². The van der Waals surface area contributed by atoms with Gasteiger partial charge < -0.3 is 4.74 Å². The fourth-order valence-corrected chi connectivity index (χ4v) is 3.94. The number of nitro benzene ring substituents is 1. The SMILES string of the molecule is CCOC(=O)c1c(C)nc(-c2ccccc2)nc1-c1cc([N+](=O)[O-])ccc1S(C)(=O)=O. The molecule has 3 rings (SSSR count). The minimum Gasteiger partial charge on any atom is -0.462 e. The topological polar surface area (TPSA) is 129 Å². The zero-order chi connectivity index (χ0) is 22.8. The van der Waals surface area contributed by atoms with E-state index in [1.165, 1.54) is 0 Å². The van der Waals surface area contributed by atoms with Crippen molar-refractivity contribution in [3.63, 3.8) is 0 Å². The molecule has 0 spiro atoms. The Balaban J connectivity index is 2.43. The summed E-state index contributed by atoms with van der Waals surface area (Å²) in [5, 5.41) is 11.4. The van der Waals surface area contributed by atoms with E-state index in [1.807, 2.05) is 6.07 Å². The Morgan fingerprint density at radius 1 is 1.13 bits per heavy atom. The highest BCUT2D eigenvalue weighted by atomic mass is 32.2. The van der Waals surface area contributed by atoms with Crippen LogP contribution in [0.5, 0.6) is 0 Å². The van der Waals surface area contributed by atoms with Crippen molar-refractivity contribution >= 4 is 21.5 Å². The molecule has 0 amide bonds. The molecule has 31 heavy (non-hydrogen) atoms. The molecule has 0 aliphatic heterocycles. The molecule has 0 N–H and O–H groups in total. The standard InChI is InChI=1S/C21H19N3O6S/c1-4-30-21(25)18-13(2)22-20(14-8-6-5-7-9-14)23-19(18)16-12-15(24(26)27)10-11-17(16)31(3,28)29/h5-12H,4H2,1-3H3. The van der Waals surface area contributed by atoms with Crippen LogP contribution in [0.2, 0.25) is 0 Å². The fraction of sp³-hybridized carbons (Fsp3) is 0.190. The fourth-order valence-electron chi connectivity index (χ4n) is 3.07. The number of ether oxygens (including phenoxy) is 1. The molecule has 1 heterocycles. The molecule has 9 nitrogen and oxygen atoms in total. The molecule has 1 aromatic heterocycles. The molecular formula is C21H19N3O6S. The van der Waals surface area contributed by atoms with Crippen LogP contribution >= 0.6 is 0 Å². The molecule has 10 heteroatoms. The van der Waals surface area contributed by atoms with Gasteiger partial charge in [-0.25, -0.2) is 23.2 Å². The lowest BCUT2D eigenvalue weighted by atomic mass is 10.0. The van der Waals surface area contributed by atoms with Crippen LogP contribution in [-0.2, 0) is 14.6 Å². The van der Waals surface area contributed by atoms with Crippen LogP contribution in [0.15, 0.2) is 53.4 Å². The minimum absolute atomic E-state index is 0.0473. The number of nitro groups is 1. The number of nitrogens with zero attached hydrogens (tertiary/aromatic N) is 3. The molecule has 0 aliphatic rings. The number of carbonyl (C=O) groups excluding carboxylic acids is 1. The number of hydrogen-bond donors (Lipinski definition) is 0. The van der Waals surface area contributed by atoms with Crippen LogP contribution < -0.4 is 0 Å². The first-order chi connectivity index (χ1) is 14.6. The van der Waals surface area contributed by atoms with E-state index in [9.17, 15) is 23.3 Å². The first-order valence-corrected chi connectivity index (χ1v) is 11.1. The predicted molar refractivity (Wildman–Crippen MR) is 113 cm³/mol. The molecular weight excluding hydrogens is 422 g/mol. The number of rotatable bonds is 6. The third-order valence-electron chi connectivity index (χ3n) is 4.43. The number of benzene rings is 2. The van der Waals surface area contributed by atoms with Gasteiger partial charge >= 0.3 is 5.97 Å². The summed E-state index contributed by atoms with van der Waals surface area (Å²) < 4.78 is 30.0. The van der Waals surface area contributed by atoms with Crippen molar-refractivity contribution in [3.05, 3.63) is 69.9 Å². The lowest BCUT2D eigenvalue weighted by Gasteiger charge is -2.15. The number of aromatic nitrogens is 2. The van der Waals surface area contributed by atoms with Gasteiger partial charge in [0.05, 0.1) is 27.8 Å². The van der Waals surface area contributed by atoms with E-state index in [0.717, 1.165) is 24.5 Å². The molecule has 3 aromatic rings. The van der Waals surface area contributed by atoms with E-state index in [4.69, 9.17) is 4.74 Å². The largest absolute Gasteiger partial charge is 0.462 e. The maximum atomic E-state index is 12.7. The van der Waals surface area contributed by atoms with Gasteiger partial charge in [-0.15, -0.1) is 0 Å². The van der Waals surface area contributed by atoms with Crippen LogP contribution in [0.3, 0.4) is 0 Å². The van der Waals surface area contributed by atoms with Crippen LogP contribution in [0.1, 0.15) is 23.0 Å². The van der Waals surface area contributed by atoms with Gasteiger partial charge in [0.2, 0.25) is 0 Å². The molecule has 0 saturated heterocycles. The Hall–Kier alpha value is -3.66. The quantitative estimate of drug-likeness (QED) is 0.322. The summed E-state index contributed by atoms with van der Waals surface area (Å²) in [7, 11) is -3.80. The van der Waals surface area contributed by atoms with Crippen molar-refractivity contribution in [2.45, 2.75) is 18.7 Å². The second-order valence-electron chi connectivity index (χ2n) is 6.65. The Morgan fingerprint density at radius 3 is 2.39 bits per heavy atom. The van der Waals surface area contributed by atoms with Gasteiger partial charge in [-0.05, 0) is 19.9 Å². The predicted octanol–water partition coefficient (Wildman–Crippen LogP) is 3.61. The highest BCUT2D eigenvalue weighted by Crippen LogP contribution is 2.34. The average Bonchev–Trinajstić information content (AvgIpc) is 2.72. The molecule has 0 saturated carbocycles. The van der Waals surface area contributed by atoms with Crippen LogP contribution in [0.25, 0.3) is 22.6 Å². The third kappa shape index (κ3) is 4.58. The summed E-state index contributed by atoms with van der Waals surface area (Å²) in [5.74, 6) is -0.507. The summed E-state index contributed by atoms with van der Waals surface area (Å²) >= 11 is 0. The van der Waals surface area contributed by atoms with E-state index < -0.39 is 20.7 Å². The van der Waals surface area contributed by atoms with E-state index in [2.05, 4.69) is 9.97 Å². The zero-order valence-corrected chi connectivity index (χ0v) is 17.8. The summed E-state index contributed by atoms with van der Waals surface area (Å²) in [6.45, 7) is 3.27. The number of non-ortho nitro benzene ring substituents is 1. The number of sulfone groups is 1. The molecule has 0 aliphatic carbocycles.